The maximum absolute atomic E-state index is 11.4. The normalized spacial score (nSPS) is 12.1. The molecule has 0 radical (unpaired) electrons. The molecule has 0 saturated carbocycles. The Morgan fingerprint density at radius 3 is 3.00 bits per heavy atom. The summed E-state index contributed by atoms with van der Waals surface area (Å²) in [5.41, 5.74) is 1.60. The van der Waals surface area contributed by atoms with Crippen LogP contribution >= 0.6 is 0 Å². The Morgan fingerprint density at radius 2 is 2.39 bits per heavy atom. The smallest absolute Gasteiger partial charge is 0.350 e. The summed E-state index contributed by atoms with van der Waals surface area (Å²) in [6.45, 7) is 3.86. The van der Waals surface area contributed by atoms with Gasteiger partial charge in [0.15, 0.2) is 5.57 Å². The summed E-state index contributed by atoms with van der Waals surface area (Å²) < 4.78 is 6.54. The summed E-state index contributed by atoms with van der Waals surface area (Å²) in [5.74, 6) is -0.654. The minimum Gasteiger partial charge on any atom is -0.462 e. The molecule has 0 bridgehead atoms. The number of nitriles is 1. The molecule has 1 aromatic heterocycles. The van der Waals surface area contributed by atoms with Crippen LogP contribution in [0.2, 0.25) is 0 Å². The van der Waals surface area contributed by atoms with Gasteiger partial charge in [0.2, 0.25) is 0 Å². The van der Waals surface area contributed by atoms with E-state index in [9.17, 15) is 4.79 Å². The van der Waals surface area contributed by atoms with Crippen molar-refractivity contribution in [1.29, 1.82) is 5.26 Å². The quantitative estimate of drug-likeness (QED) is 0.456. The lowest BCUT2D eigenvalue weighted by atomic mass is 10.3. The predicted molar refractivity (Wildman–Crippen MR) is 66.0 cm³/mol. The number of aryl methyl sites for hydroxylation is 2. The second-order valence-corrected chi connectivity index (χ2v) is 3.68. The van der Waals surface area contributed by atoms with E-state index in [-0.39, 0.29) is 12.2 Å². The van der Waals surface area contributed by atoms with Gasteiger partial charge in [0, 0.05) is 13.2 Å². The van der Waals surface area contributed by atoms with E-state index in [2.05, 4.69) is 4.99 Å². The lowest BCUT2D eigenvalue weighted by Gasteiger charge is -2.00. The molecule has 0 unspecified atom stereocenters. The number of esters is 1. The van der Waals surface area contributed by atoms with Crippen LogP contribution in [-0.2, 0) is 16.6 Å². The highest BCUT2D eigenvalue weighted by molar-refractivity contribution is 5.92. The van der Waals surface area contributed by atoms with Crippen LogP contribution in [0.5, 0.6) is 0 Å². The van der Waals surface area contributed by atoms with Crippen molar-refractivity contribution in [3.63, 3.8) is 0 Å². The van der Waals surface area contributed by atoms with Crippen molar-refractivity contribution in [1.82, 2.24) is 4.57 Å². The zero-order valence-corrected chi connectivity index (χ0v) is 10.7. The van der Waals surface area contributed by atoms with Crippen LogP contribution in [0.1, 0.15) is 12.5 Å². The minimum absolute atomic E-state index is 0.113. The van der Waals surface area contributed by atoms with E-state index >= 15 is 0 Å². The first kappa shape index (κ1) is 13.7. The van der Waals surface area contributed by atoms with Crippen molar-refractivity contribution in [2.75, 3.05) is 6.61 Å². The number of ether oxygens (including phenoxy) is 1. The number of hydrogen-bond acceptors (Lipinski definition) is 4. The van der Waals surface area contributed by atoms with E-state index in [1.165, 1.54) is 6.20 Å². The van der Waals surface area contributed by atoms with Gasteiger partial charge in [0.1, 0.15) is 11.6 Å². The molecule has 18 heavy (non-hydrogen) atoms. The fraction of sp³-hybridized carbons (Fsp3) is 0.308. The largest absolute Gasteiger partial charge is 0.462 e. The summed E-state index contributed by atoms with van der Waals surface area (Å²) >= 11 is 0. The standard InChI is InChI=1S/C13H15N3O2/c1-4-18-13(17)11(8-14)9-15-12-7-10(2)5-6-16(12)3/h5-7,9H,4H2,1-3H3. The topological polar surface area (TPSA) is 67.4 Å². The van der Waals surface area contributed by atoms with Gasteiger partial charge in [-0.2, -0.15) is 5.26 Å². The van der Waals surface area contributed by atoms with Gasteiger partial charge in [-0.25, -0.2) is 9.79 Å². The number of rotatable bonds is 3. The highest BCUT2D eigenvalue weighted by Crippen LogP contribution is 1.97. The van der Waals surface area contributed by atoms with Gasteiger partial charge in [-0.05, 0) is 31.5 Å². The molecule has 5 nitrogen and oxygen atoms in total. The third-order valence-corrected chi connectivity index (χ3v) is 2.22. The number of pyridine rings is 1. The summed E-state index contributed by atoms with van der Waals surface area (Å²) in [6.07, 6.45) is 3.09. The van der Waals surface area contributed by atoms with Crippen LogP contribution in [0.15, 0.2) is 35.1 Å². The van der Waals surface area contributed by atoms with Crippen molar-refractivity contribution in [2.24, 2.45) is 12.0 Å². The van der Waals surface area contributed by atoms with Gasteiger partial charge < -0.3 is 9.30 Å². The van der Waals surface area contributed by atoms with E-state index in [1.807, 2.05) is 32.3 Å². The van der Waals surface area contributed by atoms with Crippen molar-refractivity contribution in [3.8, 4) is 6.07 Å². The first-order chi connectivity index (χ1) is 8.58. The molecule has 0 amide bonds. The molecule has 1 aromatic rings. The molecule has 1 rings (SSSR count). The predicted octanol–water partition coefficient (Wildman–Crippen LogP) is 1.20. The fourth-order valence-electron chi connectivity index (χ4n) is 1.25. The van der Waals surface area contributed by atoms with Gasteiger partial charge in [0.05, 0.1) is 12.8 Å². The third-order valence-electron chi connectivity index (χ3n) is 2.22. The molecule has 5 heteroatoms. The van der Waals surface area contributed by atoms with Crippen LogP contribution in [0, 0.1) is 18.3 Å². The van der Waals surface area contributed by atoms with Crippen LogP contribution < -0.4 is 5.49 Å². The van der Waals surface area contributed by atoms with E-state index < -0.39 is 5.97 Å². The maximum Gasteiger partial charge on any atom is 0.350 e. The van der Waals surface area contributed by atoms with Gasteiger partial charge >= 0.3 is 5.97 Å². The Balaban J connectivity index is 3.12. The lowest BCUT2D eigenvalue weighted by Crippen LogP contribution is -2.16. The molecule has 0 aliphatic carbocycles. The van der Waals surface area contributed by atoms with E-state index in [0.29, 0.717) is 5.49 Å². The van der Waals surface area contributed by atoms with Crippen molar-refractivity contribution >= 4 is 5.97 Å². The molecule has 94 valence electrons. The lowest BCUT2D eigenvalue weighted by molar-refractivity contribution is -0.138. The van der Waals surface area contributed by atoms with Gasteiger partial charge in [-0.3, -0.25) is 0 Å². The van der Waals surface area contributed by atoms with Crippen molar-refractivity contribution in [3.05, 3.63) is 41.2 Å². The molecule has 0 aliphatic rings. The number of aromatic nitrogens is 1. The molecule has 0 saturated heterocycles. The van der Waals surface area contributed by atoms with Crippen LogP contribution in [0.4, 0.5) is 0 Å². The fourth-order valence-corrected chi connectivity index (χ4v) is 1.25. The summed E-state index contributed by atoms with van der Waals surface area (Å²) in [4.78, 5) is 15.5. The van der Waals surface area contributed by atoms with Gasteiger partial charge in [-0.15, -0.1) is 0 Å². The Labute approximate surface area is 106 Å². The molecular formula is C13H15N3O2. The molecule has 0 N–H and O–H groups in total. The van der Waals surface area contributed by atoms with Crippen molar-refractivity contribution in [2.45, 2.75) is 13.8 Å². The molecule has 0 aliphatic heterocycles. The summed E-state index contributed by atoms with van der Waals surface area (Å²) in [5, 5.41) is 8.84. The van der Waals surface area contributed by atoms with Crippen LogP contribution in [0.3, 0.4) is 0 Å². The Hall–Kier alpha value is -2.35. The van der Waals surface area contributed by atoms with E-state index in [1.54, 1.807) is 17.6 Å². The zero-order chi connectivity index (χ0) is 13.5. The van der Waals surface area contributed by atoms with Gasteiger partial charge in [-0.1, -0.05) is 0 Å². The van der Waals surface area contributed by atoms with E-state index in [0.717, 1.165) is 5.56 Å². The molecule has 0 atom stereocenters. The average Bonchev–Trinajstić information content (AvgIpc) is 2.34. The Morgan fingerprint density at radius 1 is 1.67 bits per heavy atom. The average molecular weight is 245 g/mol. The first-order valence-electron chi connectivity index (χ1n) is 5.53. The minimum atomic E-state index is -0.654. The number of hydrogen-bond donors (Lipinski definition) is 0. The Kier molecular flexibility index (Phi) is 4.88. The number of nitrogens with zero attached hydrogens (tertiary/aromatic N) is 3. The molecule has 0 spiro atoms. The van der Waals surface area contributed by atoms with Crippen molar-refractivity contribution < 1.29 is 9.53 Å². The van der Waals surface area contributed by atoms with Crippen LogP contribution in [0.25, 0.3) is 0 Å². The second kappa shape index (κ2) is 6.40. The molecule has 0 fully saturated rings. The first-order valence-corrected chi connectivity index (χ1v) is 5.53. The molecular weight excluding hydrogens is 230 g/mol. The Bertz CT molecular complexity index is 577. The van der Waals surface area contributed by atoms with E-state index in [4.69, 9.17) is 10.00 Å². The second-order valence-electron chi connectivity index (χ2n) is 3.68. The third kappa shape index (κ3) is 3.59. The summed E-state index contributed by atoms with van der Waals surface area (Å²) in [7, 11) is 1.84. The zero-order valence-electron chi connectivity index (χ0n) is 10.7. The van der Waals surface area contributed by atoms with Gasteiger partial charge in [0.25, 0.3) is 0 Å². The maximum atomic E-state index is 11.4. The number of carbonyl (C=O) groups is 1. The monoisotopic (exact) mass is 245 g/mol. The summed E-state index contributed by atoms with van der Waals surface area (Å²) in [6, 6.07) is 5.58. The van der Waals surface area contributed by atoms with Crippen LogP contribution in [-0.4, -0.2) is 17.1 Å². The molecule has 0 aromatic carbocycles. The molecule has 1 heterocycles. The SMILES string of the molecule is CCOC(=O)C(C#N)=CN=c1cc(C)ccn1C. The highest BCUT2D eigenvalue weighted by atomic mass is 16.5. The number of carbonyl (C=O) groups excluding carboxylic acids is 1. The highest BCUT2D eigenvalue weighted by Gasteiger charge is 2.08.